The number of ketones is 1. The number of nitrogens with zero attached hydrogens (tertiary/aromatic N) is 4. The molecule has 0 bridgehead atoms. The van der Waals surface area contributed by atoms with Crippen LogP contribution in [-0.4, -0.2) is 52.7 Å². The summed E-state index contributed by atoms with van der Waals surface area (Å²) >= 11 is 0. The molecule has 4 rings (SSSR count). The highest BCUT2D eigenvalue weighted by Crippen LogP contribution is 2.31. The lowest BCUT2D eigenvalue weighted by Gasteiger charge is -2.36. The summed E-state index contributed by atoms with van der Waals surface area (Å²) in [6.45, 7) is 8.21. The van der Waals surface area contributed by atoms with Crippen molar-refractivity contribution in [2.45, 2.75) is 40.0 Å². The van der Waals surface area contributed by atoms with Crippen LogP contribution in [-0.2, 0) is 6.42 Å². The highest BCUT2D eigenvalue weighted by atomic mass is 16.3. The number of fused-ring (bicyclic) bond motifs is 1. The van der Waals surface area contributed by atoms with E-state index in [0.717, 1.165) is 30.0 Å². The van der Waals surface area contributed by atoms with Gasteiger partial charge in [-0.15, -0.1) is 0 Å². The van der Waals surface area contributed by atoms with Crippen molar-refractivity contribution in [1.29, 1.82) is 0 Å². The van der Waals surface area contributed by atoms with Gasteiger partial charge in [-0.2, -0.15) is 0 Å². The molecule has 7 heteroatoms. The smallest absolute Gasteiger partial charge is 0.258 e. The monoisotopic (exact) mass is 368 g/mol. The number of aryl methyl sites for hydroxylation is 4. The third-order valence-electron chi connectivity index (χ3n) is 5.37. The fourth-order valence-electron chi connectivity index (χ4n) is 3.97. The fourth-order valence-corrected chi connectivity index (χ4v) is 3.97. The van der Waals surface area contributed by atoms with Crippen molar-refractivity contribution >= 4 is 17.5 Å². The molecular weight excluding hydrogens is 344 g/mol. The Morgan fingerprint density at radius 3 is 2.59 bits per heavy atom. The van der Waals surface area contributed by atoms with Crippen LogP contribution >= 0.6 is 0 Å². The maximum Gasteiger partial charge on any atom is 0.258 e. The summed E-state index contributed by atoms with van der Waals surface area (Å²) in [6.07, 6.45) is 3.78. The van der Waals surface area contributed by atoms with Crippen LogP contribution in [0, 0.1) is 20.8 Å². The van der Waals surface area contributed by atoms with Gasteiger partial charge in [0.15, 0.2) is 5.78 Å². The maximum absolute atomic E-state index is 13.1. The number of carbonyl (C=O) groups is 2. The first-order valence-corrected chi connectivity index (χ1v) is 9.45. The second kappa shape index (κ2) is 6.79. The van der Waals surface area contributed by atoms with Crippen molar-refractivity contribution in [2.75, 3.05) is 31.1 Å². The van der Waals surface area contributed by atoms with Gasteiger partial charge in [0.25, 0.3) is 5.91 Å². The molecule has 0 radical (unpaired) electrons. The van der Waals surface area contributed by atoms with Crippen molar-refractivity contribution in [3.63, 3.8) is 0 Å². The Morgan fingerprint density at radius 1 is 1.11 bits per heavy atom. The molecule has 142 valence electrons. The van der Waals surface area contributed by atoms with Crippen molar-refractivity contribution < 1.29 is 14.0 Å². The molecule has 2 aromatic heterocycles. The highest BCUT2D eigenvalue weighted by Gasteiger charge is 2.33. The number of piperazine rings is 1. The first-order valence-electron chi connectivity index (χ1n) is 9.45. The summed E-state index contributed by atoms with van der Waals surface area (Å²) in [5.41, 5.74) is 2.76. The quantitative estimate of drug-likeness (QED) is 0.810. The minimum Gasteiger partial charge on any atom is -0.465 e. The predicted molar refractivity (Wildman–Crippen MR) is 100 cm³/mol. The van der Waals surface area contributed by atoms with Crippen LogP contribution in [0.3, 0.4) is 0 Å². The number of amides is 1. The van der Waals surface area contributed by atoms with E-state index in [1.807, 2.05) is 18.7 Å². The van der Waals surface area contributed by atoms with Crippen molar-refractivity contribution in [3.8, 4) is 0 Å². The number of hydrogen-bond donors (Lipinski definition) is 0. The van der Waals surface area contributed by atoms with Crippen molar-refractivity contribution in [3.05, 3.63) is 40.2 Å². The van der Waals surface area contributed by atoms with E-state index in [9.17, 15) is 9.59 Å². The van der Waals surface area contributed by atoms with Crippen LogP contribution in [0.2, 0.25) is 0 Å². The van der Waals surface area contributed by atoms with Gasteiger partial charge >= 0.3 is 0 Å². The number of aromatic nitrogens is 2. The van der Waals surface area contributed by atoms with Gasteiger partial charge in [-0.25, -0.2) is 4.98 Å². The highest BCUT2D eigenvalue weighted by molar-refractivity contribution is 6.10. The molecule has 0 aromatic carbocycles. The second-order valence-electron chi connectivity index (χ2n) is 7.31. The summed E-state index contributed by atoms with van der Waals surface area (Å²) < 4.78 is 5.74. The van der Waals surface area contributed by atoms with Crippen molar-refractivity contribution in [2.24, 2.45) is 0 Å². The zero-order chi connectivity index (χ0) is 19.1. The van der Waals surface area contributed by atoms with Gasteiger partial charge in [0.2, 0.25) is 0 Å². The maximum atomic E-state index is 13.1. The lowest BCUT2D eigenvalue weighted by atomic mass is 9.93. The second-order valence-corrected chi connectivity index (χ2v) is 7.31. The molecule has 1 aliphatic carbocycles. The molecule has 0 unspecified atom stereocenters. The van der Waals surface area contributed by atoms with E-state index in [-0.39, 0.29) is 11.7 Å². The topological polar surface area (TPSA) is 79.5 Å². The normalized spacial score (nSPS) is 17.2. The molecule has 0 saturated carbocycles. The lowest BCUT2D eigenvalue weighted by Crippen LogP contribution is -2.49. The van der Waals surface area contributed by atoms with E-state index in [1.54, 1.807) is 13.1 Å². The largest absolute Gasteiger partial charge is 0.465 e. The third kappa shape index (κ3) is 3.11. The van der Waals surface area contributed by atoms with E-state index in [2.05, 4.69) is 14.9 Å². The van der Waals surface area contributed by atoms with Gasteiger partial charge in [-0.05, 0) is 27.2 Å². The summed E-state index contributed by atoms with van der Waals surface area (Å²) in [4.78, 5) is 38.5. The van der Waals surface area contributed by atoms with E-state index in [1.165, 1.54) is 0 Å². The Kier molecular flexibility index (Phi) is 4.45. The molecule has 1 fully saturated rings. The first kappa shape index (κ1) is 17.7. The van der Waals surface area contributed by atoms with Gasteiger partial charge in [0.05, 0.1) is 22.5 Å². The standard InChI is InChI=1S/C20H24N4O3/c1-12-11-21-13(2)19(22-12)23-7-9-24(10-8-23)20(26)17-14(3)27-16-6-4-5-15(25)18(16)17/h11H,4-10H2,1-3H3. The molecule has 1 aliphatic heterocycles. The molecule has 2 aromatic rings. The minimum atomic E-state index is -0.0977. The van der Waals surface area contributed by atoms with Gasteiger partial charge in [0.1, 0.15) is 17.3 Å². The molecule has 7 nitrogen and oxygen atoms in total. The van der Waals surface area contributed by atoms with Gasteiger partial charge in [-0.1, -0.05) is 0 Å². The summed E-state index contributed by atoms with van der Waals surface area (Å²) in [5, 5.41) is 0. The van der Waals surface area contributed by atoms with E-state index < -0.39 is 0 Å². The van der Waals surface area contributed by atoms with Gasteiger partial charge in [-0.3, -0.25) is 14.6 Å². The molecule has 1 amide bonds. The zero-order valence-electron chi connectivity index (χ0n) is 16.0. The first-order chi connectivity index (χ1) is 13.0. The molecule has 0 N–H and O–H groups in total. The number of Topliss-reactive ketones (excluding diaryl/α,β-unsaturated/α-hetero) is 1. The number of rotatable bonds is 2. The Balaban J connectivity index is 1.52. The fraction of sp³-hybridized carbons (Fsp3) is 0.500. The molecule has 27 heavy (non-hydrogen) atoms. The van der Waals surface area contributed by atoms with E-state index >= 15 is 0 Å². The van der Waals surface area contributed by atoms with E-state index in [4.69, 9.17) is 4.42 Å². The molecule has 2 aliphatic rings. The van der Waals surface area contributed by atoms with Crippen LogP contribution in [0.1, 0.15) is 56.5 Å². The Bertz CT molecular complexity index is 910. The Morgan fingerprint density at radius 2 is 1.85 bits per heavy atom. The number of anilines is 1. The summed E-state index contributed by atoms with van der Waals surface area (Å²) in [7, 11) is 0. The number of furan rings is 1. The van der Waals surface area contributed by atoms with Gasteiger partial charge < -0.3 is 14.2 Å². The van der Waals surface area contributed by atoms with Crippen LogP contribution < -0.4 is 4.90 Å². The Hall–Kier alpha value is -2.70. The molecule has 3 heterocycles. The Labute approximate surface area is 158 Å². The lowest BCUT2D eigenvalue weighted by molar-refractivity contribution is 0.0739. The van der Waals surface area contributed by atoms with Crippen LogP contribution in [0.5, 0.6) is 0 Å². The third-order valence-corrected chi connectivity index (χ3v) is 5.37. The average Bonchev–Trinajstić information content (AvgIpc) is 3.00. The number of carbonyl (C=O) groups excluding carboxylic acids is 2. The molecule has 1 saturated heterocycles. The molecule has 0 atom stereocenters. The molecule has 0 spiro atoms. The van der Waals surface area contributed by atoms with Gasteiger partial charge in [0, 0.05) is 45.2 Å². The van der Waals surface area contributed by atoms with Crippen LogP contribution in [0.25, 0.3) is 0 Å². The minimum absolute atomic E-state index is 0.0285. The van der Waals surface area contributed by atoms with Crippen molar-refractivity contribution in [1.82, 2.24) is 14.9 Å². The average molecular weight is 368 g/mol. The summed E-state index contributed by atoms with van der Waals surface area (Å²) in [5.74, 6) is 2.05. The summed E-state index contributed by atoms with van der Waals surface area (Å²) in [6, 6.07) is 0. The predicted octanol–water partition coefficient (Wildman–Crippen LogP) is 2.48. The SMILES string of the molecule is Cc1cnc(C)c(N2CCN(C(=O)c3c(C)oc4c3C(=O)CCC4)CC2)n1. The van der Waals surface area contributed by atoms with Crippen LogP contribution in [0.15, 0.2) is 10.6 Å². The van der Waals surface area contributed by atoms with Crippen LogP contribution in [0.4, 0.5) is 5.82 Å². The number of hydrogen-bond acceptors (Lipinski definition) is 6. The zero-order valence-corrected chi connectivity index (χ0v) is 16.0. The van der Waals surface area contributed by atoms with E-state index in [0.29, 0.717) is 55.2 Å². The molecular formula is C20H24N4O3.